The minimum absolute atomic E-state index is 0.130. The van der Waals surface area contributed by atoms with E-state index in [2.05, 4.69) is 36.1 Å². The lowest BCUT2D eigenvalue weighted by molar-refractivity contribution is -0.129. The van der Waals surface area contributed by atoms with Gasteiger partial charge in [0.2, 0.25) is 11.9 Å². The second-order valence-electron chi connectivity index (χ2n) is 5.36. The maximum Gasteiger partial charge on any atom is 0.229 e. The Morgan fingerprint density at radius 1 is 1.13 bits per heavy atom. The summed E-state index contributed by atoms with van der Waals surface area (Å²) < 4.78 is 1.03. The van der Waals surface area contributed by atoms with E-state index < -0.39 is 0 Å². The van der Waals surface area contributed by atoms with Gasteiger partial charge in [0.05, 0.1) is 0 Å². The number of amides is 1. The third-order valence-electron chi connectivity index (χ3n) is 3.79. The monoisotopic (exact) mass is 375 g/mol. The molecule has 0 atom stereocenters. The molecule has 1 saturated heterocycles. The van der Waals surface area contributed by atoms with Crippen LogP contribution in [0.5, 0.6) is 0 Å². The molecule has 0 spiro atoms. The van der Waals surface area contributed by atoms with Gasteiger partial charge in [0, 0.05) is 49.5 Å². The molecule has 2 aromatic rings. The Kier molecular flexibility index (Phi) is 4.76. The quantitative estimate of drug-likeness (QED) is 0.893. The van der Waals surface area contributed by atoms with Gasteiger partial charge in [0.25, 0.3) is 0 Å². The van der Waals surface area contributed by atoms with Crippen LogP contribution >= 0.6 is 15.9 Å². The average Bonchev–Trinajstić information content (AvgIpc) is 2.57. The number of nitrogens with one attached hydrogen (secondary N) is 1. The summed E-state index contributed by atoms with van der Waals surface area (Å²) in [5.41, 5.74) is 0.937. The van der Waals surface area contributed by atoms with Gasteiger partial charge in [0.15, 0.2) is 0 Å². The number of carbonyl (C=O) groups excluding carboxylic acids is 1. The number of hydrogen-bond acceptors (Lipinski definition) is 5. The van der Waals surface area contributed by atoms with Crippen molar-refractivity contribution in [2.24, 2.45) is 0 Å². The number of rotatable bonds is 3. The lowest BCUT2D eigenvalue weighted by Crippen LogP contribution is -2.48. The van der Waals surface area contributed by atoms with Crippen LogP contribution in [0.3, 0.4) is 0 Å². The molecular weight excluding hydrogens is 358 g/mol. The summed E-state index contributed by atoms with van der Waals surface area (Å²) in [4.78, 5) is 24.3. The first-order chi connectivity index (χ1) is 11.1. The van der Waals surface area contributed by atoms with Gasteiger partial charge in [-0.15, -0.1) is 0 Å². The largest absolute Gasteiger partial charge is 0.353 e. The van der Waals surface area contributed by atoms with Crippen molar-refractivity contribution >= 4 is 39.3 Å². The van der Waals surface area contributed by atoms with Crippen LogP contribution in [-0.2, 0) is 4.79 Å². The molecule has 0 unspecified atom stereocenters. The molecule has 3 rings (SSSR count). The van der Waals surface area contributed by atoms with E-state index in [-0.39, 0.29) is 5.91 Å². The van der Waals surface area contributed by atoms with E-state index in [1.807, 2.05) is 35.2 Å². The third kappa shape index (κ3) is 3.98. The average molecular weight is 376 g/mol. The van der Waals surface area contributed by atoms with Crippen LogP contribution in [-0.4, -0.2) is 47.0 Å². The highest BCUT2D eigenvalue weighted by atomic mass is 79.9. The Bertz CT molecular complexity index is 683. The van der Waals surface area contributed by atoms with Crippen molar-refractivity contribution in [2.75, 3.05) is 36.4 Å². The van der Waals surface area contributed by atoms with Crippen molar-refractivity contribution in [1.29, 1.82) is 0 Å². The highest BCUT2D eigenvalue weighted by molar-refractivity contribution is 9.10. The van der Waals surface area contributed by atoms with E-state index in [1.54, 1.807) is 13.1 Å². The second kappa shape index (κ2) is 6.95. The van der Waals surface area contributed by atoms with Crippen LogP contribution in [0.15, 0.2) is 41.0 Å². The Balaban J connectivity index is 1.68. The van der Waals surface area contributed by atoms with E-state index in [0.717, 1.165) is 42.2 Å². The molecule has 23 heavy (non-hydrogen) atoms. The normalized spacial score (nSPS) is 14.7. The SMILES string of the molecule is CC(=O)N1CCN(c2ccnc(Nc3ccc(Br)cc3)n2)CC1. The van der Waals surface area contributed by atoms with Gasteiger partial charge in [-0.05, 0) is 30.3 Å². The minimum atomic E-state index is 0.130. The molecule has 0 radical (unpaired) electrons. The summed E-state index contributed by atoms with van der Waals surface area (Å²) in [6.45, 7) is 4.65. The molecular formula is C16H18BrN5O. The van der Waals surface area contributed by atoms with Crippen LogP contribution in [0.25, 0.3) is 0 Å². The summed E-state index contributed by atoms with van der Waals surface area (Å²) >= 11 is 3.42. The topological polar surface area (TPSA) is 61.4 Å². The fourth-order valence-corrected chi connectivity index (χ4v) is 2.76. The molecule has 120 valence electrons. The van der Waals surface area contributed by atoms with E-state index in [0.29, 0.717) is 5.95 Å². The predicted octanol–water partition coefficient (Wildman–Crippen LogP) is 2.65. The van der Waals surface area contributed by atoms with Crippen molar-refractivity contribution in [1.82, 2.24) is 14.9 Å². The molecule has 1 N–H and O–H groups in total. The van der Waals surface area contributed by atoms with Gasteiger partial charge in [-0.2, -0.15) is 4.98 Å². The number of aromatic nitrogens is 2. The zero-order valence-corrected chi connectivity index (χ0v) is 14.5. The number of carbonyl (C=O) groups is 1. The van der Waals surface area contributed by atoms with Crippen molar-refractivity contribution in [3.05, 3.63) is 41.0 Å². The van der Waals surface area contributed by atoms with Gasteiger partial charge in [-0.3, -0.25) is 4.79 Å². The molecule has 1 aromatic carbocycles. The predicted molar refractivity (Wildman–Crippen MR) is 93.9 cm³/mol. The van der Waals surface area contributed by atoms with Gasteiger partial charge >= 0.3 is 0 Å². The van der Waals surface area contributed by atoms with Gasteiger partial charge < -0.3 is 15.1 Å². The number of piperazine rings is 1. The highest BCUT2D eigenvalue weighted by Gasteiger charge is 2.19. The maximum absolute atomic E-state index is 11.4. The summed E-state index contributed by atoms with van der Waals surface area (Å²) in [5.74, 6) is 1.58. The zero-order valence-electron chi connectivity index (χ0n) is 12.9. The fraction of sp³-hybridized carbons (Fsp3) is 0.312. The van der Waals surface area contributed by atoms with Crippen LogP contribution in [0.1, 0.15) is 6.92 Å². The first-order valence-corrected chi connectivity index (χ1v) is 8.27. The van der Waals surface area contributed by atoms with E-state index in [9.17, 15) is 4.79 Å². The number of anilines is 3. The summed E-state index contributed by atoms with van der Waals surface area (Å²) in [6.07, 6.45) is 1.75. The number of hydrogen-bond donors (Lipinski definition) is 1. The van der Waals surface area contributed by atoms with E-state index in [1.165, 1.54) is 0 Å². The molecule has 1 amide bonds. The standard InChI is InChI=1S/C16H18BrN5O/c1-12(23)21-8-10-22(11-9-21)15-6-7-18-16(20-15)19-14-4-2-13(17)3-5-14/h2-7H,8-11H2,1H3,(H,18,19,20). The van der Waals surface area contributed by atoms with Crippen LogP contribution in [0, 0.1) is 0 Å². The molecule has 0 aliphatic carbocycles. The molecule has 1 aliphatic rings. The lowest BCUT2D eigenvalue weighted by atomic mass is 10.3. The summed E-state index contributed by atoms with van der Waals surface area (Å²) in [6, 6.07) is 9.76. The highest BCUT2D eigenvalue weighted by Crippen LogP contribution is 2.19. The van der Waals surface area contributed by atoms with E-state index in [4.69, 9.17) is 0 Å². The number of halogens is 1. The first-order valence-electron chi connectivity index (χ1n) is 7.48. The molecule has 6 nitrogen and oxygen atoms in total. The number of benzene rings is 1. The maximum atomic E-state index is 11.4. The van der Waals surface area contributed by atoms with Crippen molar-refractivity contribution < 1.29 is 4.79 Å². The second-order valence-corrected chi connectivity index (χ2v) is 6.28. The van der Waals surface area contributed by atoms with Crippen LogP contribution in [0.4, 0.5) is 17.5 Å². The fourth-order valence-electron chi connectivity index (χ4n) is 2.50. The molecule has 0 bridgehead atoms. The van der Waals surface area contributed by atoms with Gasteiger partial charge in [0.1, 0.15) is 5.82 Å². The van der Waals surface area contributed by atoms with E-state index >= 15 is 0 Å². The van der Waals surface area contributed by atoms with Gasteiger partial charge in [-0.1, -0.05) is 15.9 Å². The number of nitrogens with zero attached hydrogens (tertiary/aromatic N) is 4. The Hall–Kier alpha value is -2.15. The molecule has 1 aromatic heterocycles. The molecule has 0 saturated carbocycles. The Morgan fingerprint density at radius 3 is 2.48 bits per heavy atom. The minimum Gasteiger partial charge on any atom is -0.353 e. The molecule has 7 heteroatoms. The Morgan fingerprint density at radius 2 is 1.83 bits per heavy atom. The Labute approximate surface area is 143 Å². The smallest absolute Gasteiger partial charge is 0.229 e. The zero-order chi connectivity index (χ0) is 16.2. The molecule has 2 heterocycles. The van der Waals surface area contributed by atoms with Gasteiger partial charge in [-0.25, -0.2) is 4.98 Å². The van der Waals surface area contributed by atoms with Crippen molar-refractivity contribution in [3.8, 4) is 0 Å². The van der Waals surface area contributed by atoms with Crippen LogP contribution < -0.4 is 10.2 Å². The van der Waals surface area contributed by atoms with Crippen molar-refractivity contribution in [2.45, 2.75) is 6.92 Å². The lowest BCUT2D eigenvalue weighted by Gasteiger charge is -2.34. The molecule has 1 fully saturated rings. The molecule has 1 aliphatic heterocycles. The van der Waals surface area contributed by atoms with Crippen LogP contribution in [0.2, 0.25) is 0 Å². The summed E-state index contributed by atoms with van der Waals surface area (Å²) in [5, 5.41) is 3.20. The first kappa shape index (κ1) is 15.7. The summed E-state index contributed by atoms with van der Waals surface area (Å²) in [7, 11) is 0. The third-order valence-corrected chi connectivity index (χ3v) is 4.32. The van der Waals surface area contributed by atoms with Crippen molar-refractivity contribution in [3.63, 3.8) is 0 Å².